The number of carbonyl (C=O) groups is 1. The Bertz CT molecular complexity index is 524. The summed E-state index contributed by atoms with van der Waals surface area (Å²) < 4.78 is 19.4. The highest BCUT2D eigenvalue weighted by Gasteiger charge is 2.26. The van der Waals surface area contributed by atoms with Crippen molar-refractivity contribution in [2.75, 3.05) is 26.3 Å². The third-order valence-electron chi connectivity index (χ3n) is 3.88. The Kier molecular flexibility index (Phi) is 6.62. The number of likely N-dealkylation sites (tertiary alicyclic amines) is 1. The third kappa shape index (κ3) is 4.80. The number of ether oxygens (including phenoxy) is 1. The monoisotopic (exact) mass is 344 g/mol. The smallest absolute Gasteiger partial charge is 0.317 e. The lowest BCUT2D eigenvalue weighted by atomic mass is 10.1. The van der Waals surface area contributed by atoms with Gasteiger partial charge in [-0.1, -0.05) is 17.7 Å². The van der Waals surface area contributed by atoms with Gasteiger partial charge in [0, 0.05) is 23.7 Å². The predicted molar refractivity (Wildman–Crippen MR) is 86.0 cm³/mol. The normalized spacial score (nSPS) is 19.5. The highest BCUT2D eigenvalue weighted by molar-refractivity contribution is 6.31. The fourth-order valence-corrected chi connectivity index (χ4v) is 3.08. The van der Waals surface area contributed by atoms with Gasteiger partial charge in [-0.15, -0.1) is 0 Å². The zero-order chi connectivity index (χ0) is 16.8. The van der Waals surface area contributed by atoms with E-state index in [-0.39, 0.29) is 30.9 Å². The first-order chi connectivity index (χ1) is 11.0. The molecule has 0 bridgehead atoms. The molecule has 0 saturated carbocycles. The number of halogens is 2. The molecule has 2 N–H and O–H groups in total. The van der Waals surface area contributed by atoms with Crippen molar-refractivity contribution in [1.29, 1.82) is 0 Å². The number of amides is 2. The molecule has 2 atom stereocenters. The fraction of sp³-hybridized carbons (Fsp3) is 0.562. The summed E-state index contributed by atoms with van der Waals surface area (Å²) in [6.07, 6.45) is 1.62. The maximum atomic E-state index is 13.9. The summed E-state index contributed by atoms with van der Waals surface area (Å²) in [7, 11) is 0. The van der Waals surface area contributed by atoms with E-state index in [1.807, 2.05) is 0 Å². The molecule has 0 spiro atoms. The van der Waals surface area contributed by atoms with Crippen LogP contribution < -0.4 is 5.32 Å². The van der Waals surface area contributed by atoms with Gasteiger partial charge in [0.25, 0.3) is 0 Å². The molecule has 2 rings (SSSR count). The minimum Gasteiger partial charge on any atom is -0.394 e. The van der Waals surface area contributed by atoms with Gasteiger partial charge in [-0.2, -0.15) is 0 Å². The molecule has 1 saturated heterocycles. The van der Waals surface area contributed by atoms with E-state index in [4.69, 9.17) is 21.4 Å². The maximum absolute atomic E-state index is 13.9. The number of nitrogens with one attached hydrogen (secondary N) is 1. The molecule has 0 unspecified atom stereocenters. The molecule has 0 radical (unpaired) electrons. The second-order valence-corrected chi connectivity index (χ2v) is 6.02. The number of benzene rings is 1. The van der Waals surface area contributed by atoms with Gasteiger partial charge in [-0.05, 0) is 31.9 Å². The van der Waals surface area contributed by atoms with Crippen molar-refractivity contribution in [3.8, 4) is 0 Å². The molecule has 2 amide bonds. The number of urea groups is 1. The van der Waals surface area contributed by atoms with E-state index >= 15 is 0 Å². The van der Waals surface area contributed by atoms with Crippen LogP contribution in [0.4, 0.5) is 9.18 Å². The van der Waals surface area contributed by atoms with Gasteiger partial charge < -0.3 is 20.1 Å². The minimum atomic E-state index is -0.532. The summed E-state index contributed by atoms with van der Waals surface area (Å²) in [5.41, 5.74) is 0.285. The maximum Gasteiger partial charge on any atom is 0.317 e. The average molecular weight is 345 g/mol. The Morgan fingerprint density at radius 3 is 3.09 bits per heavy atom. The van der Waals surface area contributed by atoms with Gasteiger partial charge >= 0.3 is 6.03 Å². The topological polar surface area (TPSA) is 61.8 Å². The summed E-state index contributed by atoms with van der Waals surface area (Å²) in [6.45, 7) is 3.02. The molecule has 128 valence electrons. The highest BCUT2D eigenvalue weighted by atomic mass is 35.5. The first-order valence-electron chi connectivity index (χ1n) is 7.74. The van der Waals surface area contributed by atoms with Gasteiger partial charge in [-0.25, -0.2) is 9.18 Å². The number of aliphatic hydroxyl groups is 1. The number of carbonyl (C=O) groups excluding carboxylic acids is 1. The second-order valence-electron chi connectivity index (χ2n) is 5.61. The molecule has 5 nitrogen and oxygen atoms in total. The van der Waals surface area contributed by atoms with E-state index in [2.05, 4.69) is 5.32 Å². The van der Waals surface area contributed by atoms with E-state index in [1.54, 1.807) is 17.9 Å². The molecule has 7 heteroatoms. The van der Waals surface area contributed by atoms with Crippen molar-refractivity contribution in [1.82, 2.24) is 10.2 Å². The Morgan fingerprint density at radius 2 is 2.39 bits per heavy atom. The van der Waals surface area contributed by atoms with Crippen LogP contribution in [-0.2, 0) is 4.74 Å². The zero-order valence-corrected chi connectivity index (χ0v) is 13.9. The number of piperidine rings is 1. The highest BCUT2D eigenvalue weighted by Crippen LogP contribution is 2.26. The predicted octanol–water partition coefficient (Wildman–Crippen LogP) is 2.72. The molecule has 1 aromatic rings. The molecular weight excluding hydrogens is 323 g/mol. The van der Waals surface area contributed by atoms with Gasteiger partial charge in [0.05, 0.1) is 25.4 Å². The molecule has 1 heterocycles. The van der Waals surface area contributed by atoms with Crippen molar-refractivity contribution >= 4 is 17.6 Å². The first kappa shape index (κ1) is 18.0. The molecule has 0 aliphatic carbocycles. The van der Waals surface area contributed by atoms with Crippen molar-refractivity contribution < 1.29 is 19.0 Å². The largest absolute Gasteiger partial charge is 0.394 e. The third-order valence-corrected chi connectivity index (χ3v) is 4.21. The van der Waals surface area contributed by atoms with E-state index in [0.29, 0.717) is 18.1 Å². The van der Waals surface area contributed by atoms with E-state index in [9.17, 15) is 9.18 Å². The van der Waals surface area contributed by atoms with Crippen LogP contribution in [0.3, 0.4) is 0 Å². The number of aliphatic hydroxyl groups excluding tert-OH is 1. The quantitative estimate of drug-likeness (QED) is 0.863. The summed E-state index contributed by atoms with van der Waals surface area (Å²) in [5.74, 6) is -0.437. The number of hydrogen-bond donors (Lipinski definition) is 2. The Labute approximate surface area is 140 Å². The lowest BCUT2D eigenvalue weighted by Crippen LogP contribution is -2.48. The zero-order valence-electron chi connectivity index (χ0n) is 13.1. The molecule has 1 aromatic carbocycles. The number of nitrogens with zero attached hydrogens (tertiary/aromatic N) is 1. The summed E-state index contributed by atoms with van der Waals surface area (Å²) in [4.78, 5) is 14.0. The molecule has 1 aliphatic rings. The van der Waals surface area contributed by atoms with Crippen molar-refractivity contribution in [2.45, 2.75) is 31.9 Å². The van der Waals surface area contributed by atoms with Gasteiger partial charge in [-0.3, -0.25) is 0 Å². The lowest BCUT2D eigenvalue weighted by Gasteiger charge is -2.33. The fourth-order valence-electron chi connectivity index (χ4n) is 2.75. The Balaban J connectivity index is 1.95. The molecule has 23 heavy (non-hydrogen) atoms. The van der Waals surface area contributed by atoms with Gasteiger partial charge in [0.2, 0.25) is 0 Å². The van der Waals surface area contributed by atoms with E-state index in [1.165, 1.54) is 12.1 Å². The SMILES string of the molecule is C[C@@H](NC(=O)N1CCC[C@@H](OCCO)C1)c1c(F)cccc1Cl. The van der Waals surface area contributed by atoms with Crippen molar-refractivity contribution in [3.05, 3.63) is 34.6 Å². The van der Waals surface area contributed by atoms with Crippen LogP contribution in [0.2, 0.25) is 5.02 Å². The minimum absolute atomic E-state index is 0.0362. The first-order valence-corrected chi connectivity index (χ1v) is 8.12. The Morgan fingerprint density at radius 1 is 1.61 bits per heavy atom. The summed E-state index contributed by atoms with van der Waals surface area (Å²) >= 11 is 6.03. The summed E-state index contributed by atoms with van der Waals surface area (Å²) in [5, 5.41) is 11.9. The number of rotatable bonds is 5. The van der Waals surface area contributed by atoms with E-state index in [0.717, 1.165) is 12.8 Å². The second kappa shape index (κ2) is 8.47. The molecule has 0 aromatic heterocycles. The van der Waals surface area contributed by atoms with Gasteiger partial charge in [0.15, 0.2) is 0 Å². The van der Waals surface area contributed by atoms with Crippen molar-refractivity contribution in [3.63, 3.8) is 0 Å². The van der Waals surface area contributed by atoms with Crippen LogP contribution >= 0.6 is 11.6 Å². The van der Waals surface area contributed by atoms with Crippen LogP contribution in [0.25, 0.3) is 0 Å². The van der Waals surface area contributed by atoms with Gasteiger partial charge in [0.1, 0.15) is 5.82 Å². The van der Waals surface area contributed by atoms with Crippen LogP contribution in [0, 0.1) is 5.82 Å². The summed E-state index contributed by atoms with van der Waals surface area (Å²) in [6, 6.07) is 3.65. The Hall–Kier alpha value is -1.37. The number of hydrogen-bond acceptors (Lipinski definition) is 3. The van der Waals surface area contributed by atoms with E-state index < -0.39 is 11.9 Å². The molecule has 1 fully saturated rings. The molecular formula is C16H22ClFN2O3. The lowest BCUT2D eigenvalue weighted by molar-refractivity contribution is -0.00597. The average Bonchev–Trinajstić information content (AvgIpc) is 2.53. The van der Waals surface area contributed by atoms with Crippen LogP contribution in [-0.4, -0.2) is 48.4 Å². The van der Waals surface area contributed by atoms with Crippen molar-refractivity contribution in [2.24, 2.45) is 0 Å². The van der Waals surface area contributed by atoms with Crippen LogP contribution in [0.5, 0.6) is 0 Å². The van der Waals surface area contributed by atoms with Crippen LogP contribution in [0.1, 0.15) is 31.4 Å². The standard InChI is InChI=1S/C16H22ClFN2O3/c1-11(15-13(17)5-2-6-14(15)18)19-16(22)20-7-3-4-12(10-20)23-9-8-21/h2,5-6,11-12,21H,3-4,7-10H2,1H3,(H,19,22)/t11-,12-/m1/s1. The molecule has 1 aliphatic heterocycles. The van der Waals surface area contributed by atoms with Crippen LogP contribution in [0.15, 0.2) is 18.2 Å².